The van der Waals surface area contributed by atoms with E-state index in [0.717, 1.165) is 18.2 Å². The van der Waals surface area contributed by atoms with E-state index in [1.165, 1.54) is 11.9 Å². The van der Waals surface area contributed by atoms with Gasteiger partial charge in [0.1, 0.15) is 5.82 Å². The van der Waals surface area contributed by atoms with Gasteiger partial charge < -0.3 is 9.64 Å². The maximum Gasteiger partial charge on any atom is 0.261 e. The Bertz CT molecular complexity index is 591. The lowest BCUT2D eigenvalue weighted by Gasteiger charge is -2.17. The second-order valence-corrected chi connectivity index (χ2v) is 6.75. The Hall–Kier alpha value is -1.18. The third-order valence-corrected chi connectivity index (χ3v) is 3.92. The van der Waals surface area contributed by atoms with Crippen molar-refractivity contribution < 1.29 is 22.3 Å². The summed E-state index contributed by atoms with van der Waals surface area (Å²) in [6.45, 7) is 0.897. The molecule has 0 saturated heterocycles. The van der Waals surface area contributed by atoms with Gasteiger partial charge in [-0.15, -0.1) is 0 Å². The van der Waals surface area contributed by atoms with Crippen LogP contribution in [0.25, 0.3) is 0 Å². The first-order chi connectivity index (χ1) is 9.25. The van der Waals surface area contributed by atoms with Gasteiger partial charge in [0.15, 0.2) is 0 Å². The van der Waals surface area contributed by atoms with Gasteiger partial charge in [-0.05, 0) is 24.6 Å². The molecule has 0 N–H and O–H groups in total. The second-order valence-electron chi connectivity index (χ2n) is 4.19. The first-order valence-corrected chi connectivity index (χ1v) is 8.06. The van der Waals surface area contributed by atoms with E-state index in [9.17, 15) is 17.6 Å². The number of hydrogen-bond acceptors (Lipinski definition) is 4. The molecular formula is C12H15ClFNO4S. The third kappa shape index (κ3) is 4.73. The Labute approximate surface area is 121 Å². The molecule has 1 aromatic rings. The van der Waals surface area contributed by atoms with Crippen LogP contribution >= 0.6 is 10.7 Å². The smallest absolute Gasteiger partial charge is 0.261 e. The number of halogens is 2. The van der Waals surface area contributed by atoms with E-state index in [-0.39, 0.29) is 5.56 Å². The average molecular weight is 324 g/mol. The highest BCUT2D eigenvalue weighted by molar-refractivity contribution is 8.13. The van der Waals surface area contributed by atoms with Crippen LogP contribution in [-0.2, 0) is 13.8 Å². The van der Waals surface area contributed by atoms with E-state index in [1.807, 2.05) is 0 Å². The first-order valence-electron chi connectivity index (χ1n) is 5.75. The van der Waals surface area contributed by atoms with Crippen molar-refractivity contribution in [1.29, 1.82) is 0 Å². The molecule has 0 aliphatic carbocycles. The average Bonchev–Trinajstić information content (AvgIpc) is 2.36. The Kier molecular flexibility index (Phi) is 5.91. The van der Waals surface area contributed by atoms with Crippen molar-refractivity contribution in [2.45, 2.75) is 11.3 Å². The monoisotopic (exact) mass is 323 g/mol. The van der Waals surface area contributed by atoms with Crippen molar-refractivity contribution in [1.82, 2.24) is 4.90 Å². The molecule has 0 fully saturated rings. The number of benzene rings is 1. The van der Waals surface area contributed by atoms with Crippen molar-refractivity contribution in [3.8, 4) is 0 Å². The van der Waals surface area contributed by atoms with Gasteiger partial charge in [0.2, 0.25) is 0 Å². The van der Waals surface area contributed by atoms with Crippen molar-refractivity contribution in [3.63, 3.8) is 0 Å². The number of rotatable bonds is 6. The number of ether oxygens (including phenoxy) is 1. The van der Waals surface area contributed by atoms with Crippen LogP contribution in [0.2, 0.25) is 0 Å². The molecule has 0 spiro atoms. The van der Waals surface area contributed by atoms with E-state index in [0.29, 0.717) is 19.6 Å². The molecule has 0 aromatic heterocycles. The molecular weight excluding hydrogens is 309 g/mol. The molecule has 0 aliphatic rings. The zero-order valence-electron chi connectivity index (χ0n) is 11.1. The highest BCUT2D eigenvalue weighted by atomic mass is 35.7. The normalized spacial score (nSPS) is 11.4. The molecule has 20 heavy (non-hydrogen) atoms. The van der Waals surface area contributed by atoms with Gasteiger partial charge in [-0.1, -0.05) is 0 Å². The van der Waals surface area contributed by atoms with Crippen molar-refractivity contribution >= 4 is 25.6 Å². The quantitative estimate of drug-likeness (QED) is 0.592. The van der Waals surface area contributed by atoms with Crippen LogP contribution in [0.5, 0.6) is 0 Å². The van der Waals surface area contributed by atoms with Crippen LogP contribution in [0.3, 0.4) is 0 Å². The number of nitrogens with zero attached hydrogens (tertiary/aromatic N) is 1. The summed E-state index contributed by atoms with van der Waals surface area (Å²) in [4.78, 5) is 13.0. The van der Waals surface area contributed by atoms with Crippen molar-refractivity contribution in [2.24, 2.45) is 0 Å². The number of carbonyl (C=O) groups is 1. The van der Waals surface area contributed by atoms with Gasteiger partial charge in [-0.2, -0.15) is 0 Å². The fourth-order valence-corrected chi connectivity index (χ4v) is 2.38. The minimum absolute atomic E-state index is 0.0656. The maximum absolute atomic E-state index is 13.4. The number of hydrogen-bond donors (Lipinski definition) is 0. The van der Waals surface area contributed by atoms with Crippen LogP contribution < -0.4 is 0 Å². The number of carbonyl (C=O) groups excluding carboxylic acids is 1. The standard InChI is InChI=1S/C12H15ClFNO4S/c1-15(4-3-5-19-2)12(16)9-6-10(14)8-11(7-9)20(13,17)18/h6-8H,3-5H2,1-2H3. The van der Waals surface area contributed by atoms with Gasteiger partial charge in [-0.25, -0.2) is 12.8 Å². The molecule has 0 bridgehead atoms. The Morgan fingerprint density at radius 2 is 2.05 bits per heavy atom. The maximum atomic E-state index is 13.4. The van der Waals surface area contributed by atoms with Crippen LogP contribution in [0.4, 0.5) is 4.39 Å². The lowest BCUT2D eigenvalue weighted by atomic mass is 10.2. The number of methoxy groups -OCH3 is 1. The predicted molar refractivity (Wildman–Crippen MR) is 72.9 cm³/mol. The zero-order valence-corrected chi connectivity index (χ0v) is 12.7. The topological polar surface area (TPSA) is 63.7 Å². The summed E-state index contributed by atoms with van der Waals surface area (Å²) in [6.07, 6.45) is 0.620. The van der Waals surface area contributed by atoms with Crippen molar-refractivity contribution in [3.05, 3.63) is 29.6 Å². The molecule has 112 valence electrons. The summed E-state index contributed by atoms with van der Waals surface area (Å²) in [5.74, 6) is -1.32. The summed E-state index contributed by atoms with van der Waals surface area (Å²) >= 11 is 0. The molecule has 1 amide bonds. The zero-order chi connectivity index (χ0) is 15.3. The van der Waals surface area contributed by atoms with Gasteiger partial charge in [0.05, 0.1) is 4.90 Å². The molecule has 8 heteroatoms. The van der Waals surface area contributed by atoms with Crippen LogP contribution in [0, 0.1) is 5.82 Å². The van der Waals surface area contributed by atoms with E-state index in [2.05, 4.69) is 0 Å². The van der Waals surface area contributed by atoms with Gasteiger partial charge in [-0.3, -0.25) is 4.79 Å². The molecule has 0 saturated carbocycles. The lowest BCUT2D eigenvalue weighted by Crippen LogP contribution is -2.28. The fourth-order valence-electron chi connectivity index (χ4n) is 1.59. The largest absolute Gasteiger partial charge is 0.385 e. The Morgan fingerprint density at radius 1 is 1.40 bits per heavy atom. The van der Waals surface area contributed by atoms with E-state index >= 15 is 0 Å². The molecule has 1 aromatic carbocycles. The fraction of sp³-hybridized carbons (Fsp3) is 0.417. The summed E-state index contributed by atoms with van der Waals surface area (Å²) in [7, 11) is 4.15. The highest BCUT2D eigenvalue weighted by Gasteiger charge is 2.18. The summed E-state index contributed by atoms with van der Waals surface area (Å²) in [5, 5.41) is 0. The second kappa shape index (κ2) is 7.01. The van der Waals surface area contributed by atoms with E-state index in [1.54, 1.807) is 7.11 Å². The summed E-state index contributed by atoms with van der Waals surface area (Å²) in [6, 6.07) is 2.80. The minimum Gasteiger partial charge on any atom is -0.385 e. The molecule has 0 atom stereocenters. The van der Waals surface area contributed by atoms with Gasteiger partial charge in [0, 0.05) is 43.6 Å². The highest BCUT2D eigenvalue weighted by Crippen LogP contribution is 2.19. The van der Waals surface area contributed by atoms with Gasteiger partial charge >= 0.3 is 0 Å². The molecule has 5 nitrogen and oxygen atoms in total. The van der Waals surface area contributed by atoms with E-state index < -0.39 is 25.7 Å². The first kappa shape index (κ1) is 16.9. The molecule has 0 unspecified atom stereocenters. The van der Waals surface area contributed by atoms with Crippen LogP contribution in [0.1, 0.15) is 16.8 Å². The summed E-state index contributed by atoms with van der Waals surface area (Å²) in [5.41, 5.74) is -0.0656. The van der Waals surface area contributed by atoms with Crippen molar-refractivity contribution in [2.75, 3.05) is 27.3 Å². The van der Waals surface area contributed by atoms with Gasteiger partial charge in [0.25, 0.3) is 15.0 Å². The Morgan fingerprint density at radius 3 is 2.60 bits per heavy atom. The molecule has 0 heterocycles. The van der Waals surface area contributed by atoms with Crippen LogP contribution in [0.15, 0.2) is 23.1 Å². The lowest BCUT2D eigenvalue weighted by molar-refractivity contribution is 0.0778. The minimum atomic E-state index is -4.09. The SMILES string of the molecule is COCCCN(C)C(=O)c1cc(F)cc(S(=O)(=O)Cl)c1. The summed E-state index contributed by atoms with van der Waals surface area (Å²) < 4.78 is 40.6. The van der Waals surface area contributed by atoms with E-state index in [4.69, 9.17) is 15.4 Å². The number of amides is 1. The Balaban J connectivity index is 2.96. The molecule has 0 aliphatic heterocycles. The van der Waals surface area contributed by atoms with Crippen LogP contribution in [-0.4, -0.2) is 46.5 Å². The third-order valence-electron chi connectivity index (χ3n) is 2.59. The molecule has 0 radical (unpaired) electrons. The predicted octanol–water partition coefficient (Wildman–Crippen LogP) is 1.86. The molecule has 1 rings (SSSR count).